The Kier molecular flexibility index (Phi) is 11.2. The molecule has 13 nitrogen and oxygen atoms in total. The van der Waals surface area contributed by atoms with E-state index in [0.717, 1.165) is 0 Å². The smallest absolute Gasteiger partial charge is 0.271 e. The minimum absolute atomic E-state index is 0. The monoisotopic (exact) mass is 614 g/mol. The number of aromatic amines is 1. The summed E-state index contributed by atoms with van der Waals surface area (Å²) >= 11 is 11.4. The number of imidazole rings is 1. The number of non-ortho nitro benzene ring substituents is 2. The van der Waals surface area contributed by atoms with Crippen LogP contribution in [0.4, 0.5) is 22.7 Å². The number of fused-ring (bicyclic) bond motifs is 1. The summed E-state index contributed by atoms with van der Waals surface area (Å²) in [5.74, 6) is 0.392. The Labute approximate surface area is 248 Å². The molecule has 0 unspecified atom stereocenters. The number of nitro benzene ring substituents is 2. The van der Waals surface area contributed by atoms with Gasteiger partial charge in [-0.2, -0.15) is 0 Å². The summed E-state index contributed by atoms with van der Waals surface area (Å²) in [6.45, 7) is 0. The van der Waals surface area contributed by atoms with Gasteiger partial charge >= 0.3 is 0 Å². The van der Waals surface area contributed by atoms with Crippen LogP contribution < -0.4 is 11.5 Å². The minimum Gasteiger partial charge on any atom is -0.507 e. The van der Waals surface area contributed by atoms with Gasteiger partial charge in [0.05, 0.1) is 43.4 Å². The fourth-order valence-corrected chi connectivity index (χ4v) is 3.58. The number of H-pyrrole nitrogens is 1. The third-order valence-corrected chi connectivity index (χ3v) is 5.76. The second-order valence-corrected chi connectivity index (χ2v) is 8.97. The van der Waals surface area contributed by atoms with Gasteiger partial charge in [0, 0.05) is 34.3 Å². The van der Waals surface area contributed by atoms with Crippen molar-refractivity contribution in [3.05, 3.63) is 109 Å². The summed E-state index contributed by atoms with van der Waals surface area (Å²) in [7, 11) is 0. The first-order valence-corrected chi connectivity index (χ1v) is 12.0. The van der Waals surface area contributed by atoms with Crippen LogP contribution in [-0.4, -0.2) is 36.3 Å². The lowest BCUT2D eigenvalue weighted by Crippen LogP contribution is -1.96. The Hall–Kier alpha value is -5.40. The molecule has 0 fully saturated rings. The first kappa shape index (κ1) is 32.8. The molecule has 5 rings (SSSR count). The number of benzene rings is 4. The Morgan fingerprint density at radius 1 is 0.786 bits per heavy atom. The zero-order valence-electron chi connectivity index (χ0n) is 20.7. The van der Waals surface area contributed by atoms with E-state index in [0.29, 0.717) is 44.4 Å². The SMILES string of the molecule is C.Nc1ccc([N+](=O)[O-])cc1N.O=Cc1cc(Cl)ccc1O.O=[N+]([O-])c1ccc2nc(-c3cc(Cl)ccc3O)[nH]c2c1. The van der Waals surface area contributed by atoms with Crippen molar-refractivity contribution in [3.63, 3.8) is 0 Å². The van der Waals surface area contributed by atoms with E-state index in [1.165, 1.54) is 54.6 Å². The Balaban J connectivity index is 0.000000239. The molecule has 0 saturated carbocycles. The first-order chi connectivity index (χ1) is 19.4. The van der Waals surface area contributed by atoms with E-state index in [1.807, 2.05) is 0 Å². The molecule has 0 aliphatic carbocycles. The molecule has 0 bridgehead atoms. The number of carbonyl (C=O) groups is 1. The van der Waals surface area contributed by atoms with Gasteiger partial charge in [0.25, 0.3) is 11.4 Å². The van der Waals surface area contributed by atoms with Crippen LogP contribution in [0.3, 0.4) is 0 Å². The molecule has 4 aromatic carbocycles. The predicted molar refractivity (Wildman–Crippen MR) is 162 cm³/mol. The summed E-state index contributed by atoms with van der Waals surface area (Å²) in [6.07, 6.45) is 0.557. The standard InChI is InChI=1S/C13H8ClN3O3.C7H5ClO2.C6H7N3O2.CH4/c14-7-1-4-12(18)9(5-7)13-15-10-3-2-8(17(19)20)6-11(10)16-13;8-6-1-2-7(10)5(3-6)4-9;7-5-2-1-4(9(10)11)3-6(5)8;/h1-6,18H,(H,15,16);1-4,10H;1-3H,7-8H2;1H4. The topological polar surface area (TPSA) is 225 Å². The zero-order chi connectivity index (χ0) is 30.3. The average molecular weight is 615 g/mol. The fourth-order valence-electron chi connectivity index (χ4n) is 3.23. The number of hydrogen-bond acceptors (Lipinski definition) is 10. The lowest BCUT2D eigenvalue weighted by atomic mass is 10.2. The van der Waals surface area contributed by atoms with Gasteiger partial charge in [-0.1, -0.05) is 30.6 Å². The number of nitrogens with two attached hydrogens (primary N) is 2. The largest absolute Gasteiger partial charge is 0.507 e. The summed E-state index contributed by atoms with van der Waals surface area (Å²) in [5, 5.41) is 40.6. The van der Waals surface area contributed by atoms with Gasteiger partial charge in [0.1, 0.15) is 17.3 Å². The molecule has 1 heterocycles. The molecular formula is C27H24Cl2N6O7. The summed E-state index contributed by atoms with van der Waals surface area (Å²) < 4.78 is 0. The van der Waals surface area contributed by atoms with Crippen LogP contribution in [0, 0.1) is 20.2 Å². The van der Waals surface area contributed by atoms with Gasteiger partial charge in [-0.05, 0) is 48.5 Å². The molecule has 0 spiro atoms. The van der Waals surface area contributed by atoms with Crippen molar-refractivity contribution in [1.82, 2.24) is 9.97 Å². The number of aldehydes is 1. The second kappa shape index (κ2) is 14.3. The highest BCUT2D eigenvalue weighted by molar-refractivity contribution is 6.31. The summed E-state index contributed by atoms with van der Waals surface area (Å²) in [5.41, 5.74) is 12.9. The number of halogens is 2. The minimum atomic E-state index is -0.518. The number of nitrogens with one attached hydrogen (secondary N) is 1. The van der Waals surface area contributed by atoms with Crippen LogP contribution in [0.2, 0.25) is 10.0 Å². The molecule has 0 aliphatic rings. The van der Waals surface area contributed by atoms with E-state index < -0.39 is 9.85 Å². The Morgan fingerprint density at radius 3 is 1.93 bits per heavy atom. The van der Waals surface area contributed by atoms with Gasteiger partial charge < -0.3 is 26.7 Å². The summed E-state index contributed by atoms with van der Waals surface area (Å²) in [6, 6.07) is 17.2. The summed E-state index contributed by atoms with van der Waals surface area (Å²) in [4.78, 5) is 37.3. The zero-order valence-corrected chi connectivity index (χ0v) is 22.2. The number of carbonyl (C=O) groups excluding carboxylic acids is 1. The number of nitro groups is 2. The molecule has 7 N–H and O–H groups in total. The van der Waals surface area contributed by atoms with Gasteiger partial charge in [-0.25, -0.2) is 4.98 Å². The van der Waals surface area contributed by atoms with Crippen LogP contribution in [0.15, 0.2) is 72.8 Å². The quantitative estimate of drug-likeness (QED) is 0.0618. The third-order valence-electron chi connectivity index (χ3n) is 5.29. The second-order valence-electron chi connectivity index (χ2n) is 8.10. The van der Waals surface area contributed by atoms with Crippen molar-refractivity contribution < 1.29 is 24.9 Å². The van der Waals surface area contributed by atoms with E-state index in [2.05, 4.69) is 9.97 Å². The van der Waals surface area contributed by atoms with Crippen molar-refractivity contribution >= 4 is 63.3 Å². The van der Waals surface area contributed by atoms with Crippen molar-refractivity contribution in [2.45, 2.75) is 7.43 Å². The number of rotatable bonds is 4. The Bertz CT molecular complexity index is 1760. The number of hydrogen-bond donors (Lipinski definition) is 5. The van der Waals surface area contributed by atoms with Crippen molar-refractivity contribution in [3.8, 4) is 22.9 Å². The maximum absolute atomic E-state index is 10.7. The number of nitrogens with zero attached hydrogens (tertiary/aromatic N) is 3. The van der Waals surface area contributed by atoms with E-state index >= 15 is 0 Å². The molecule has 15 heteroatoms. The first-order valence-electron chi connectivity index (χ1n) is 11.3. The highest BCUT2D eigenvalue weighted by Gasteiger charge is 2.13. The Morgan fingerprint density at radius 2 is 1.36 bits per heavy atom. The van der Waals surface area contributed by atoms with E-state index in [-0.39, 0.29) is 41.6 Å². The van der Waals surface area contributed by atoms with Crippen LogP contribution in [0.1, 0.15) is 17.8 Å². The number of aromatic hydroxyl groups is 2. The van der Waals surface area contributed by atoms with Crippen molar-refractivity contribution in [1.29, 1.82) is 0 Å². The van der Waals surface area contributed by atoms with E-state index in [4.69, 9.17) is 39.8 Å². The van der Waals surface area contributed by atoms with E-state index in [1.54, 1.807) is 18.2 Å². The molecule has 1 aromatic heterocycles. The molecule has 42 heavy (non-hydrogen) atoms. The van der Waals surface area contributed by atoms with Crippen LogP contribution in [0.5, 0.6) is 11.5 Å². The lowest BCUT2D eigenvalue weighted by Gasteiger charge is -2.00. The van der Waals surface area contributed by atoms with Crippen molar-refractivity contribution in [2.75, 3.05) is 11.5 Å². The maximum Gasteiger partial charge on any atom is 0.271 e. The molecule has 0 radical (unpaired) electrons. The number of anilines is 2. The number of phenolic OH excluding ortho intramolecular Hbond substituents is 2. The van der Waals surface area contributed by atoms with E-state index in [9.17, 15) is 30.1 Å². The highest BCUT2D eigenvalue weighted by atomic mass is 35.5. The fraction of sp³-hybridized carbons (Fsp3) is 0.0370. The normalized spacial score (nSPS) is 9.86. The van der Waals surface area contributed by atoms with Gasteiger partial charge in [0.15, 0.2) is 6.29 Å². The van der Waals surface area contributed by atoms with Crippen LogP contribution in [0.25, 0.3) is 22.4 Å². The van der Waals surface area contributed by atoms with Gasteiger partial charge in [-0.3, -0.25) is 25.0 Å². The molecule has 0 amide bonds. The number of nitrogen functional groups attached to an aromatic ring is 2. The average Bonchev–Trinajstić information content (AvgIpc) is 3.37. The predicted octanol–water partition coefficient (Wildman–Crippen LogP) is 6.75. The van der Waals surface area contributed by atoms with Gasteiger partial charge in [0.2, 0.25) is 0 Å². The van der Waals surface area contributed by atoms with Crippen LogP contribution >= 0.6 is 23.2 Å². The number of phenols is 2. The molecule has 218 valence electrons. The van der Waals surface area contributed by atoms with Crippen LogP contribution in [-0.2, 0) is 0 Å². The highest BCUT2D eigenvalue weighted by Crippen LogP contribution is 2.31. The molecular weight excluding hydrogens is 591 g/mol. The van der Waals surface area contributed by atoms with Gasteiger partial charge in [-0.15, -0.1) is 0 Å². The molecule has 5 aromatic rings. The third kappa shape index (κ3) is 8.30. The molecule has 0 atom stereocenters. The lowest BCUT2D eigenvalue weighted by molar-refractivity contribution is -0.384. The number of aromatic nitrogens is 2. The molecule has 0 aliphatic heterocycles. The molecule has 0 saturated heterocycles. The maximum atomic E-state index is 10.7. The van der Waals surface area contributed by atoms with Crippen molar-refractivity contribution in [2.24, 2.45) is 0 Å².